The molecule has 0 saturated heterocycles. The smallest absolute Gasteiger partial charge is 0.123 e. The molecule has 0 fully saturated rings. The molecule has 0 unspecified atom stereocenters. The average molecular weight is 336 g/mol. The van der Waals surface area contributed by atoms with Gasteiger partial charge in [0, 0.05) is 44.8 Å². The largest absolute Gasteiger partial charge is 0.497 e. The van der Waals surface area contributed by atoms with Crippen LogP contribution in [0.15, 0.2) is 29.6 Å². The lowest BCUT2D eigenvalue weighted by molar-refractivity contribution is 0.109. The number of hydrogen-bond acceptors (Lipinski definition) is 6. The van der Waals surface area contributed by atoms with E-state index in [4.69, 9.17) is 19.2 Å². The summed E-state index contributed by atoms with van der Waals surface area (Å²) in [6.45, 7) is 3.96. The molecule has 1 aromatic carbocycles. The zero-order valence-electron chi connectivity index (χ0n) is 13.9. The molecule has 6 heteroatoms. The SMILES string of the molecule is COCCN(CCOC)Cc1csc(-c2ccc(OC)cc2)n1. The number of hydrogen-bond donors (Lipinski definition) is 0. The van der Waals surface area contributed by atoms with Crippen molar-refractivity contribution < 1.29 is 14.2 Å². The average Bonchev–Trinajstić information content (AvgIpc) is 3.06. The molecule has 0 radical (unpaired) electrons. The first-order valence-electron chi connectivity index (χ1n) is 7.56. The maximum Gasteiger partial charge on any atom is 0.123 e. The lowest BCUT2D eigenvalue weighted by atomic mass is 10.2. The minimum atomic E-state index is 0.708. The molecule has 0 amide bonds. The fourth-order valence-corrected chi connectivity index (χ4v) is 3.00. The summed E-state index contributed by atoms with van der Waals surface area (Å²) in [6.07, 6.45) is 0. The first-order valence-corrected chi connectivity index (χ1v) is 8.44. The second kappa shape index (κ2) is 9.62. The third-order valence-corrected chi connectivity index (χ3v) is 4.44. The van der Waals surface area contributed by atoms with Crippen LogP contribution in [0.3, 0.4) is 0 Å². The van der Waals surface area contributed by atoms with E-state index >= 15 is 0 Å². The van der Waals surface area contributed by atoms with E-state index in [1.807, 2.05) is 24.3 Å². The zero-order valence-corrected chi connectivity index (χ0v) is 14.8. The van der Waals surface area contributed by atoms with Crippen LogP contribution >= 0.6 is 11.3 Å². The van der Waals surface area contributed by atoms with Crippen molar-refractivity contribution in [3.05, 3.63) is 35.3 Å². The van der Waals surface area contributed by atoms with Crippen molar-refractivity contribution in [1.29, 1.82) is 0 Å². The van der Waals surface area contributed by atoms with Gasteiger partial charge in [-0.05, 0) is 24.3 Å². The van der Waals surface area contributed by atoms with Crippen LogP contribution in [0.5, 0.6) is 5.75 Å². The van der Waals surface area contributed by atoms with Gasteiger partial charge < -0.3 is 14.2 Å². The van der Waals surface area contributed by atoms with Gasteiger partial charge in [0.1, 0.15) is 10.8 Å². The van der Waals surface area contributed by atoms with Crippen molar-refractivity contribution in [2.24, 2.45) is 0 Å². The zero-order chi connectivity index (χ0) is 16.5. The highest BCUT2D eigenvalue weighted by molar-refractivity contribution is 7.13. The van der Waals surface area contributed by atoms with Crippen molar-refractivity contribution in [1.82, 2.24) is 9.88 Å². The second-order valence-electron chi connectivity index (χ2n) is 5.13. The Morgan fingerprint density at radius 3 is 2.22 bits per heavy atom. The predicted molar refractivity (Wildman–Crippen MR) is 93.1 cm³/mol. The molecule has 1 heterocycles. The number of methoxy groups -OCH3 is 3. The van der Waals surface area contributed by atoms with Crippen LogP contribution in [0.25, 0.3) is 10.6 Å². The highest BCUT2D eigenvalue weighted by atomic mass is 32.1. The van der Waals surface area contributed by atoms with Gasteiger partial charge >= 0.3 is 0 Å². The summed E-state index contributed by atoms with van der Waals surface area (Å²) in [7, 11) is 5.11. The van der Waals surface area contributed by atoms with Gasteiger partial charge in [-0.25, -0.2) is 4.98 Å². The summed E-state index contributed by atoms with van der Waals surface area (Å²) in [4.78, 5) is 7.04. The second-order valence-corrected chi connectivity index (χ2v) is 5.99. The maximum atomic E-state index is 5.19. The molecule has 0 N–H and O–H groups in total. The number of nitrogens with zero attached hydrogens (tertiary/aromatic N) is 2. The number of thiazole rings is 1. The fraction of sp³-hybridized carbons (Fsp3) is 0.471. The van der Waals surface area contributed by atoms with Crippen LogP contribution in [0.4, 0.5) is 0 Å². The Kier molecular flexibility index (Phi) is 7.48. The van der Waals surface area contributed by atoms with Gasteiger partial charge in [-0.2, -0.15) is 0 Å². The van der Waals surface area contributed by atoms with E-state index in [0.29, 0.717) is 13.2 Å². The summed E-state index contributed by atoms with van der Waals surface area (Å²) < 4.78 is 15.5. The lowest BCUT2D eigenvalue weighted by Gasteiger charge is -2.20. The number of ether oxygens (including phenoxy) is 3. The molecule has 2 aromatic rings. The standard InChI is InChI=1S/C17H24N2O3S/c1-20-10-8-19(9-11-21-2)12-15-13-23-17(18-15)14-4-6-16(22-3)7-5-14/h4-7,13H,8-12H2,1-3H3. The lowest BCUT2D eigenvalue weighted by Crippen LogP contribution is -2.30. The highest BCUT2D eigenvalue weighted by Gasteiger charge is 2.10. The Labute approximate surface area is 141 Å². The quantitative estimate of drug-likeness (QED) is 0.667. The number of rotatable bonds is 10. The number of benzene rings is 1. The first-order chi connectivity index (χ1) is 11.3. The molecule has 23 heavy (non-hydrogen) atoms. The van der Waals surface area contributed by atoms with Crippen LogP contribution in [0.2, 0.25) is 0 Å². The Hall–Kier alpha value is -1.47. The summed E-state index contributed by atoms with van der Waals surface area (Å²) in [5.41, 5.74) is 2.19. The van der Waals surface area contributed by atoms with Crippen molar-refractivity contribution in [3.8, 4) is 16.3 Å². The molecular weight excluding hydrogens is 312 g/mol. The first kappa shape index (κ1) is 17.9. The van der Waals surface area contributed by atoms with Gasteiger partial charge in [0.05, 0.1) is 26.0 Å². The van der Waals surface area contributed by atoms with Gasteiger partial charge in [-0.15, -0.1) is 11.3 Å². The summed E-state index contributed by atoms with van der Waals surface area (Å²) in [6, 6.07) is 7.99. The molecule has 126 valence electrons. The van der Waals surface area contributed by atoms with Crippen LogP contribution < -0.4 is 4.74 Å². The highest BCUT2D eigenvalue weighted by Crippen LogP contribution is 2.26. The minimum absolute atomic E-state index is 0.708. The van der Waals surface area contributed by atoms with Crippen molar-refractivity contribution >= 4 is 11.3 Å². The van der Waals surface area contributed by atoms with Crippen molar-refractivity contribution in [2.75, 3.05) is 47.6 Å². The molecule has 0 spiro atoms. The Balaban J connectivity index is 2.01. The molecule has 0 aliphatic rings. The number of aromatic nitrogens is 1. The molecule has 1 aromatic heterocycles. The molecule has 0 aliphatic carbocycles. The molecule has 0 aliphatic heterocycles. The van der Waals surface area contributed by atoms with Gasteiger partial charge in [0.15, 0.2) is 0 Å². The third-order valence-electron chi connectivity index (χ3n) is 3.50. The normalized spacial score (nSPS) is 11.1. The van der Waals surface area contributed by atoms with Crippen molar-refractivity contribution in [3.63, 3.8) is 0 Å². The minimum Gasteiger partial charge on any atom is -0.497 e. The molecule has 2 rings (SSSR count). The summed E-state index contributed by atoms with van der Waals surface area (Å²) in [5, 5.41) is 3.15. The van der Waals surface area contributed by atoms with Gasteiger partial charge in [-0.1, -0.05) is 0 Å². The van der Waals surface area contributed by atoms with Crippen LogP contribution in [-0.2, 0) is 16.0 Å². The van der Waals surface area contributed by atoms with Gasteiger partial charge in [-0.3, -0.25) is 4.90 Å². The Morgan fingerprint density at radius 2 is 1.65 bits per heavy atom. The molecule has 0 bridgehead atoms. The Bertz CT molecular complexity index is 563. The van der Waals surface area contributed by atoms with E-state index in [9.17, 15) is 0 Å². The topological polar surface area (TPSA) is 43.8 Å². The molecular formula is C17H24N2O3S. The van der Waals surface area contributed by atoms with Gasteiger partial charge in [0.2, 0.25) is 0 Å². The van der Waals surface area contributed by atoms with E-state index in [0.717, 1.165) is 41.6 Å². The van der Waals surface area contributed by atoms with Crippen LogP contribution in [0, 0.1) is 0 Å². The van der Waals surface area contributed by atoms with E-state index in [-0.39, 0.29) is 0 Å². The van der Waals surface area contributed by atoms with E-state index < -0.39 is 0 Å². The predicted octanol–water partition coefficient (Wildman–Crippen LogP) is 2.91. The third kappa shape index (κ3) is 5.58. The Morgan fingerprint density at radius 1 is 1.00 bits per heavy atom. The van der Waals surface area contributed by atoms with E-state index in [1.165, 1.54) is 0 Å². The van der Waals surface area contributed by atoms with Gasteiger partial charge in [0.25, 0.3) is 0 Å². The van der Waals surface area contributed by atoms with Crippen LogP contribution in [-0.4, -0.2) is 57.5 Å². The summed E-state index contributed by atoms with van der Waals surface area (Å²) >= 11 is 1.66. The van der Waals surface area contributed by atoms with Crippen LogP contribution in [0.1, 0.15) is 5.69 Å². The molecule has 5 nitrogen and oxygen atoms in total. The van der Waals surface area contributed by atoms with E-state index in [1.54, 1.807) is 32.7 Å². The van der Waals surface area contributed by atoms with Crippen molar-refractivity contribution in [2.45, 2.75) is 6.54 Å². The molecule has 0 saturated carbocycles. The summed E-state index contributed by atoms with van der Waals surface area (Å²) in [5.74, 6) is 0.857. The monoisotopic (exact) mass is 336 g/mol. The van der Waals surface area contributed by atoms with E-state index in [2.05, 4.69) is 10.3 Å². The maximum absolute atomic E-state index is 5.19. The fourth-order valence-electron chi connectivity index (χ4n) is 2.19. The molecule has 0 atom stereocenters.